The predicted molar refractivity (Wildman–Crippen MR) is 119 cm³/mol. The van der Waals surface area contributed by atoms with E-state index in [9.17, 15) is 13.2 Å². The maximum absolute atomic E-state index is 15.9. The van der Waals surface area contributed by atoms with E-state index in [2.05, 4.69) is 5.32 Å². The van der Waals surface area contributed by atoms with Crippen LogP contribution in [0.25, 0.3) is 10.8 Å². The number of nitrogens with one attached hydrogen (secondary N) is 2. The van der Waals surface area contributed by atoms with Crippen molar-refractivity contribution in [2.45, 2.75) is 18.9 Å². The molecule has 1 amide bonds. The smallest absolute Gasteiger partial charge is 0.326 e. The maximum Gasteiger partial charge on any atom is 0.326 e. The van der Waals surface area contributed by atoms with Gasteiger partial charge in [-0.15, -0.1) is 0 Å². The Hall–Kier alpha value is -3.17. The number of amides is 1. The number of benzene rings is 3. The molecule has 2 heterocycles. The van der Waals surface area contributed by atoms with Crippen LogP contribution in [0, 0.1) is 5.82 Å². The number of fused-ring (bicyclic) bond motifs is 1. The minimum Gasteiger partial charge on any atom is -0.487 e. The molecule has 1 atom stereocenters. The summed E-state index contributed by atoms with van der Waals surface area (Å²) >= 11 is 0. The van der Waals surface area contributed by atoms with Crippen LogP contribution in [-0.4, -0.2) is 34.0 Å². The zero-order chi connectivity index (χ0) is 22.3. The zero-order valence-corrected chi connectivity index (χ0v) is 18.0. The van der Waals surface area contributed by atoms with E-state index in [4.69, 9.17) is 4.74 Å². The Morgan fingerprint density at radius 3 is 2.62 bits per heavy atom. The van der Waals surface area contributed by atoms with Gasteiger partial charge in [-0.3, -0.25) is 4.79 Å². The molecule has 0 bridgehead atoms. The molecule has 7 nitrogen and oxygen atoms in total. The number of hydrogen-bond acceptors (Lipinski definition) is 5. The van der Waals surface area contributed by atoms with E-state index in [0.717, 1.165) is 34.9 Å². The fourth-order valence-electron chi connectivity index (χ4n) is 4.25. The van der Waals surface area contributed by atoms with Gasteiger partial charge >= 0.3 is 10.2 Å². The van der Waals surface area contributed by atoms with Crippen LogP contribution < -0.4 is 19.1 Å². The number of rotatable bonds is 5. The van der Waals surface area contributed by atoms with Crippen molar-refractivity contribution < 1.29 is 22.3 Å². The first-order valence-electron chi connectivity index (χ1n) is 10.4. The molecule has 5 rings (SSSR count). The minimum absolute atomic E-state index is 0.0641. The predicted octanol–water partition coefficient (Wildman–Crippen LogP) is 2.82. The van der Waals surface area contributed by atoms with Gasteiger partial charge in [0.05, 0.1) is 0 Å². The number of carbonyl (C=O) groups is 1. The van der Waals surface area contributed by atoms with Gasteiger partial charge < -0.3 is 10.1 Å². The number of ether oxygens (including phenoxy) is 1. The molecule has 0 saturated carbocycles. The van der Waals surface area contributed by atoms with Gasteiger partial charge in [-0.25, -0.2) is 13.4 Å². The third-order valence-corrected chi connectivity index (χ3v) is 7.26. The largest absolute Gasteiger partial charge is 0.487 e. The van der Waals surface area contributed by atoms with E-state index >= 15 is 4.39 Å². The topological polar surface area (TPSA) is 87.7 Å². The molecule has 0 aromatic heterocycles. The van der Waals surface area contributed by atoms with Gasteiger partial charge in [0.15, 0.2) is 5.82 Å². The zero-order valence-electron chi connectivity index (χ0n) is 17.2. The van der Waals surface area contributed by atoms with Crippen molar-refractivity contribution in [2.24, 2.45) is 0 Å². The lowest BCUT2D eigenvalue weighted by Crippen LogP contribution is -2.30. The van der Waals surface area contributed by atoms with Crippen LogP contribution in [0.5, 0.6) is 5.75 Å². The summed E-state index contributed by atoms with van der Waals surface area (Å²) in [6.45, 7) is 1.35. The van der Waals surface area contributed by atoms with Crippen LogP contribution in [0.3, 0.4) is 0 Å². The van der Waals surface area contributed by atoms with Crippen molar-refractivity contribution in [3.05, 3.63) is 71.5 Å². The first-order valence-corrected chi connectivity index (χ1v) is 11.8. The highest BCUT2D eigenvalue weighted by Gasteiger charge is 2.38. The quantitative estimate of drug-likeness (QED) is 0.618. The van der Waals surface area contributed by atoms with Crippen molar-refractivity contribution >= 4 is 32.6 Å². The minimum atomic E-state index is -4.21. The van der Waals surface area contributed by atoms with Crippen molar-refractivity contribution in [1.29, 1.82) is 0 Å². The van der Waals surface area contributed by atoms with Crippen LogP contribution in [-0.2, 0) is 21.6 Å². The average Bonchev–Trinajstić information content (AvgIpc) is 3.40. The normalized spacial score (nSPS) is 20.0. The average molecular weight is 456 g/mol. The Labute approximate surface area is 185 Å². The van der Waals surface area contributed by atoms with Crippen molar-refractivity contribution in [1.82, 2.24) is 10.0 Å². The van der Waals surface area contributed by atoms with Crippen LogP contribution in [0.2, 0.25) is 0 Å². The summed E-state index contributed by atoms with van der Waals surface area (Å²) in [5, 5.41) is 4.19. The Bertz CT molecular complexity index is 1290. The molecule has 1 unspecified atom stereocenters. The molecule has 32 heavy (non-hydrogen) atoms. The summed E-state index contributed by atoms with van der Waals surface area (Å²) in [5.74, 6) is -1.10. The summed E-state index contributed by atoms with van der Waals surface area (Å²) in [6.07, 6.45) is 0.956. The third kappa shape index (κ3) is 3.78. The third-order valence-electron chi connectivity index (χ3n) is 5.88. The first kappa shape index (κ1) is 20.7. The highest BCUT2D eigenvalue weighted by molar-refractivity contribution is 7.92. The monoisotopic (exact) mass is 455 g/mol. The molecule has 2 saturated heterocycles. The van der Waals surface area contributed by atoms with Gasteiger partial charge in [0.1, 0.15) is 24.6 Å². The van der Waals surface area contributed by atoms with Crippen LogP contribution in [0.4, 0.5) is 10.1 Å². The van der Waals surface area contributed by atoms with Gasteiger partial charge in [-0.05, 0) is 47.5 Å². The van der Waals surface area contributed by atoms with E-state index in [1.54, 1.807) is 12.1 Å². The van der Waals surface area contributed by atoms with Crippen molar-refractivity contribution in [3.8, 4) is 5.75 Å². The van der Waals surface area contributed by atoms with Crippen molar-refractivity contribution in [3.63, 3.8) is 0 Å². The molecule has 0 radical (unpaired) electrons. The number of anilines is 1. The molecule has 2 fully saturated rings. The second-order valence-corrected chi connectivity index (χ2v) is 9.61. The molecule has 0 spiro atoms. The van der Waals surface area contributed by atoms with Crippen LogP contribution in [0.15, 0.2) is 54.6 Å². The van der Waals surface area contributed by atoms with E-state index in [1.165, 1.54) is 0 Å². The van der Waals surface area contributed by atoms with E-state index in [1.807, 2.05) is 47.2 Å². The number of carbonyl (C=O) groups excluding carboxylic acids is 1. The van der Waals surface area contributed by atoms with Crippen LogP contribution >= 0.6 is 0 Å². The number of hydrogen-bond donors (Lipinski definition) is 2. The standard InChI is InChI=1S/C23H22FN3O4S/c24-22-19-10-16(18-8-9-25-12-18)6-7-17(19)11-20(31-14-15-4-2-1-3-5-15)23(22)27-13-21(28)26-32(27,29)30/h1-7,10-11,18,25H,8-9,12-14H2,(H,26,28). The molecule has 3 aromatic carbocycles. The lowest BCUT2D eigenvalue weighted by atomic mass is 9.95. The Morgan fingerprint density at radius 1 is 1.12 bits per heavy atom. The summed E-state index contributed by atoms with van der Waals surface area (Å²) in [7, 11) is -4.21. The first-order chi connectivity index (χ1) is 15.4. The lowest BCUT2D eigenvalue weighted by molar-refractivity contribution is -0.117. The summed E-state index contributed by atoms with van der Waals surface area (Å²) in [4.78, 5) is 11.8. The molecule has 2 N–H and O–H groups in total. The van der Waals surface area contributed by atoms with E-state index in [-0.39, 0.29) is 24.0 Å². The number of nitrogens with zero attached hydrogens (tertiary/aromatic N) is 1. The molecule has 2 aliphatic heterocycles. The molecule has 9 heteroatoms. The molecular weight excluding hydrogens is 433 g/mol. The second-order valence-electron chi connectivity index (χ2n) is 8.02. The SMILES string of the molecule is O=C1CN(c2c(OCc3ccccc3)cc3ccc(C4CCNC4)cc3c2F)S(=O)(=O)N1. The molecule has 2 aliphatic rings. The Balaban J connectivity index is 1.63. The van der Waals surface area contributed by atoms with Gasteiger partial charge in [0.2, 0.25) is 0 Å². The van der Waals surface area contributed by atoms with Gasteiger partial charge in [-0.1, -0.05) is 42.5 Å². The van der Waals surface area contributed by atoms with Gasteiger partial charge in [-0.2, -0.15) is 8.42 Å². The molecule has 0 aliphatic carbocycles. The van der Waals surface area contributed by atoms with Crippen molar-refractivity contribution in [2.75, 3.05) is 23.9 Å². The number of halogens is 1. The molecule has 3 aromatic rings. The van der Waals surface area contributed by atoms with Crippen LogP contribution in [0.1, 0.15) is 23.5 Å². The maximum atomic E-state index is 15.9. The Morgan fingerprint density at radius 2 is 1.94 bits per heavy atom. The fraction of sp³-hybridized carbons (Fsp3) is 0.261. The highest BCUT2D eigenvalue weighted by Crippen LogP contribution is 2.40. The van der Waals surface area contributed by atoms with Gasteiger partial charge in [0.25, 0.3) is 5.91 Å². The van der Waals surface area contributed by atoms with E-state index < -0.39 is 28.5 Å². The lowest BCUT2D eigenvalue weighted by Gasteiger charge is -2.21. The highest BCUT2D eigenvalue weighted by atomic mass is 32.2. The van der Waals surface area contributed by atoms with E-state index in [0.29, 0.717) is 10.8 Å². The Kier molecular flexibility index (Phi) is 5.22. The second kappa shape index (κ2) is 8.07. The summed E-state index contributed by atoms with van der Waals surface area (Å²) in [6, 6.07) is 16.5. The fourth-order valence-corrected chi connectivity index (χ4v) is 5.41. The van der Waals surface area contributed by atoms with Gasteiger partial charge in [0, 0.05) is 11.9 Å². The summed E-state index contributed by atoms with van der Waals surface area (Å²) < 4.78 is 49.5. The summed E-state index contributed by atoms with van der Waals surface area (Å²) in [5.41, 5.74) is 1.58. The molecular formula is C23H22FN3O4S. The molecule has 166 valence electrons.